The maximum Gasteiger partial charge on any atom is 0.310 e. The van der Waals surface area contributed by atoms with Crippen molar-refractivity contribution in [2.45, 2.75) is 39.2 Å². The highest BCUT2D eigenvalue weighted by molar-refractivity contribution is 6.10. The average molecular weight is 457 g/mol. The minimum absolute atomic E-state index is 0.0688. The first-order valence-electron chi connectivity index (χ1n) is 11.5. The van der Waals surface area contributed by atoms with Gasteiger partial charge >= 0.3 is 5.97 Å². The second kappa shape index (κ2) is 8.29. The van der Waals surface area contributed by atoms with E-state index in [1.54, 1.807) is 13.8 Å². The third-order valence-electron chi connectivity index (χ3n) is 6.29. The van der Waals surface area contributed by atoms with E-state index in [1.807, 2.05) is 55.6 Å². The lowest BCUT2D eigenvalue weighted by Gasteiger charge is -2.22. The van der Waals surface area contributed by atoms with Gasteiger partial charge in [0, 0.05) is 34.6 Å². The Morgan fingerprint density at radius 1 is 1.21 bits per heavy atom. The van der Waals surface area contributed by atoms with Crippen molar-refractivity contribution < 1.29 is 19.4 Å². The summed E-state index contributed by atoms with van der Waals surface area (Å²) in [7, 11) is 0. The van der Waals surface area contributed by atoms with E-state index in [4.69, 9.17) is 20.2 Å². The summed E-state index contributed by atoms with van der Waals surface area (Å²) < 4.78 is 11.3. The molecule has 174 valence electrons. The first kappa shape index (κ1) is 22.2. The average Bonchev–Trinajstić information content (AvgIpc) is 2.80. The topological polar surface area (TPSA) is 94.7 Å². The highest BCUT2D eigenvalue weighted by Crippen LogP contribution is 2.43. The molecule has 34 heavy (non-hydrogen) atoms. The minimum atomic E-state index is -1.09. The van der Waals surface area contributed by atoms with Crippen LogP contribution in [0.3, 0.4) is 0 Å². The van der Waals surface area contributed by atoms with Crippen LogP contribution in [0.5, 0.6) is 5.75 Å². The Kier molecular flexibility index (Phi) is 5.41. The molecule has 5 rings (SSSR count). The molecule has 3 aromatic carbocycles. The Bertz CT molecular complexity index is 1430. The Balaban J connectivity index is 1.75. The number of anilines is 1. The molecule has 0 bridgehead atoms. The van der Waals surface area contributed by atoms with E-state index in [1.165, 1.54) is 5.56 Å². The van der Waals surface area contributed by atoms with Crippen LogP contribution in [0.15, 0.2) is 48.7 Å². The van der Waals surface area contributed by atoms with Crippen molar-refractivity contribution in [3.63, 3.8) is 0 Å². The number of esters is 1. The maximum absolute atomic E-state index is 12.8. The van der Waals surface area contributed by atoms with Crippen LogP contribution in [0.2, 0.25) is 0 Å². The van der Waals surface area contributed by atoms with Gasteiger partial charge in [0.25, 0.3) is 0 Å². The number of carbonyl (C=O) groups excluding carboxylic acids is 1. The smallest absolute Gasteiger partial charge is 0.310 e. The van der Waals surface area contributed by atoms with Crippen LogP contribution in [0.25, 0.3) is 32.8 Å². The number of aryl methyl sites for hydroxylation is 1. The van der Waals surface area contributed by atoms with Gasteiger partial charge in [-0.15, -0.1) is 0 Å². The maximum atomic E-state index is 12.8. The molecule has 0 unspecified atom stereocenters. The third kappa shape index (κ3) is 3.94. The van der Waals surface area contributed by atoms with Gasteiger partial charge in [-0.1, -0.05) is 12.1 Å². The van der Waals surface area contributed by atoms with Crippen LogP contribution in [-0.2, 0) is 22.4 Å². The van der Waals surface area contributed by atoms with Crippen LogP contribution in [0.1, 0.15) is 30.5 Å². The lowest BCUT2D eigenvalue weighted by Crippen LogP contribution is -2.28. The quantitative estimate of drug-likeness (QED) is 0.333. The molecule has 0 fully saturated rings. The Hall–Kier alpha value is -3.64. The highest BCUT2D eigenvalue weighted by atomic mass is 16.5. The van der Waals surface area contributed by atoms with Crippen LogP contribution >= 0.6 is 0 Å². The molecule has 2 heterocycles. The molecular formula is C28H28N2O4. The lowest BCUT2D eigenvalue weighted by atomic mass is 9.86. The standard InChI is InChI=1S/C28H28N2O4/c1-16-13-21-18(5-4-6-22(21)29)26(20(16)14-24(31)34-15-28(2,3)32)19-7-8-23-25-17(10-12-33-23)9-11-30-27(19)25/h4-9,11,13,32H,10,12,14-15,29H2,1-3H3. The van der Waals surface area contributed by atoms with Crippen LogP contribution in [-0.4, -0.2) is 34.9 Å². The summed E-state index contributed by atoms with van der Waals surface area (Å²) in [5, 5.41) is 12.9. The van der Waals surface area contributed by atoms with Gasteiger partial charge in [-0.25, -0.2) is 0 Å². The fourth-order valence-electron chi connectivity index (χ4n) is 4.72. The first-order chi connectivity index (χ1) is 16.2. The number of hydrogen-bond acceptors (Lipinski definition) is 6. The summed E-state index contributed by atoms with van der Waals surface area (Å²) >= 11 is 0. The van der Waals surface area contributed by atoms with Crippen LogP contribution in [0.4, 0.5) is 5.69 Å². The minimum Gasteiger partial charge on any atom is -0.493 e. The summed E-state index contributed by atoms with van der Waals surface area (Å²) in [6, 6.07) is 13.9. The van der Waals surface area contributed by atoms with E-state index in [-0.39, 0.29) is 13.0 Å². The van der Waals surface area contributed by atoms with E-state index in [0.717, 1.165) is 56.1 Å². The van der Waals surface area contributed by atoms with Crippen LogP contribution in [0, 0.1) is 6.92 Å². The number of ether oxygens (including phenoxy) is 2. The zero-order valence-electron chi connectivity index (χ0n) is 19.6. The Morgan fingerprint density at radius 2 is 2.03 bits per heavy atom. The van der Waals surface area contributed by atoms with Gasteiger partial charge in [0.2, 0.25) is 0 Å². The van der Waals surface area contributed by atoms with Gasteiger partial charge < -0.3 is 20.3 Å². The fraction of sp³-hybridized carbons (Fsp3) is 0.286. The summed E-state index contributed by atoms with van der Waals surface area (Å²) in [6.45, 7) is 5.78. The van der Waals surface area contributed by atoms with Crippen molar-refractivity contribution in [3.8, 4) is 16.9 Å². The molecule has 0 atom stereocenters. The molecule has 3 N–H and O–H groups in total. The molecular weight excluding hydrogens is 428 g/mol. The number of benzene rings is 3. The molecule has 6 heteroatoms. The van der Waals surface area contributed by atoms with E-state index in [2.05, 4.69) is 0 Å². The third-order valence-corrected chi connectivity index (χ3v) is 6.29. The zero-order valence-corrected chi connectivity index (χ0v) is 19.6. The SMILES string of the molecule is Cc1cc2c(N)cccc2c(-c2ccc3c4c(ccnc24)CCO3)c1CC(=O)OCC(C)(C)O. The van der Waals surface area contributed by atoms with Crippen molar-refractivity contribution in [1.29, 1.82) is 0 Å². The number of fused-ring (bicyclic) bond motifs is 1. The summed E-state index contributed by atoms with van der Waals surface area (Å²) in [5.41, 5.74) is 11.6. The van der Waals surface area contributed by atoms with Gasteiger partial charge in [0.1, 0.15) is 12.4 Å². The molecule has 1 aromatic heterocycles. The summed E-state index contributed by atoms with van der Waals surface area (Å²) in [4.78, 5) is 17.6. The number of hydrogen-bond donors (Lipinski definition) is 2. The van der Waals surface area contributed by atoms with E-state index in [9.17, 15) is 9.90 Å². The number of nitrogens with two attached hydrogens (primary N) is 1. The van der Waals surface area contributed by atoms with Crippen molar-refractivity contribution >= 4 is 33.3 Å². The molecule has 6 nitrogen and oxygen atoms in total. The number of aromatic nitrogens is 1. The first-order valence-corrected chi connectivity index (χ1v) is 11.5. The Labute approximate surface area is 198 Å². The van der Waals surface area contributed by atoms with Crippen LogP contribution < -0.4 is 10.5 Å². The van der Waals surface area contributed by atoms with Gasteiger partial charge in [-0.05, 0) is 78.7 Å². The zero-order chi connectivity index (χ0) is 24.0. The van der Waals surface area contributed by atoms with Gasteiger partial charge in [0.05, 0.1) is 24.1 Å². The van der Waals surface area contributed by atoms with E-state index < -0.39 is 11.6 Å². The molecule has 0 saturated carbocycles. The lowest BCUT2D eigenvalue weighted by molar-refractivity contribution is -0.149. The predicted octanol–water partition coefficient (Wildman–Crippen LogP) is 4.74. The molecule has 1 aliphatic heterocycles. The molecule has 0 amide bonds. The van der Waals surface area contributed by atoms with Crippen molar-refractivity contribution in [2.24, 2.45) is 0 Å². The van der Waals surface area contributed by atoms with E-state index in [0.29, 0.717) is 12.3 Å². The molecule has 0 radical (unpaired) electrons. The largest absolute Gasteiger partial charge is 0.493 e. The number of nitrogens with zero attached hydrogens (tertiary/aromatic N) is 1. The fourth-order valence-corrected chi connectivity index (χ4v) is 4.72. The predicted molar refractivity (Wildman–Crippen MR) is 134 cm³/mol. The molecule has 0 aliphatic carbocycles. The summed E-state index contributed by atoms with van der Waals surface area (Å²) in [6.07, 6.45) is 2.73. The number of rotatable bonds is 5. The van der Waals surface area contributed by atoms with Gasteiger partial charge in [0.15, 0.2) is 0 Å². The van der Waals surface area contributed by atoms with Crippen molar-refractivity contribution in [1.82, 2.24) is 4.98 Å². The van der Waals surface area contributed by atoms with Gasteiger partial charge in [-0.3, -0.25) is 9.78 Å². The normalized spacial score (nSPS) is 13.2. The number of pyridine rings is 1. The Morgan fingerprint density at radius 3 is 2.82 bits per heavy atom. The summed E-state index contributed by atoms with van der Waals surface area (Å²) in [5.74, 6) is 0.435. The second-order valence-electron chi connectivity index (χ2n) is 9.54. The second-order valence-corrected chi connectivity index (χ2v) is 9.54. The molecule has 0 saturated heterocycles. The monoisotopic (exact) mass is 456 g/mol. The number of aliphatic hydroxyl groups is 1. The molecule has 0 spiro atoms. The van der Waals surface area contributed by atoms with Gasteiger partial charge in [-0.2, -0.15) is 0 Å². The number of nitrogen functional groups attached to an aromatic ring is 1. The van der Waals surface area contributed by atoms with Crippen molar-refractivity contribution in [3.05, 3.63) is 65.4 Å². The molecule has 4 aromatic rings. The molecule has 1 aliphatic rings. The highest BCUT2D eigenvalue weighted by Gasteiger charge is 2.24. The van der Waals surface area contributed by atoms with Crippen molar-refractivity contribution in [2.75, 3.05) is 18.9 Å². The van der Waals surface area contributed by atoms with E-state index >= 15 is 0 Å². The number of carbonyl (C=O) groups is 1.